The molecule has 11 aromatic rings. The van der Waals surface area contributed by atoms with Gasteiger partial charge in [-0.15, -0.1) is 0 Å². The van der Waals surface area contributed by atoms with Gasteiger partial charge < -0.3 is 4.90 Å². The number of anilines is 3. The lowest BCUT2D eigenvalue weighted by atomic mass is 9.89. The average molecular weight is 780 g/mol. The van der Waals surface area contributed by atoms with Crippen molar-refractivity contribution in [2.75, 3.05) is 4.90 Å². The summed E-state index contributed by atoms with van der Waals surface area (Å²) in [7, 11) is 0. The summed E-state index contributed by atoms with van der Waals surface area (Å²) in [5.74, 6) is 0.510. The fourth-order valence-electron chi connectivity index (χ4n) is 9.55. The minimum atomic E-state index is 0.510. The van der Waals surface area contributed by atoms with Crippen LogP contribution in [0, 0.1) is 0 Å². The third-order valence-electron chi connectivity index (χ3n) is 12.9. The summed E-state index contributed by atoms with van der Waals surface area (Å²) < 4.78 is 0. The molecule has 0 N–H and O–H groups in total. The summed E-state index contributed by atoms with van der Waals surface area (Å²) in [6.07, 6.45) is 1.12. The molecule has 1 heteroatoms. The van der Waals surface area contributed by atoms with Crippen molar-refractivity contribution in [3.63, 3.8) is 0 Å². The highest BCUT2D eigenvalue weighted by Crippen LogP contribution is 2.44. The molecule has 0 fully saturated rings. The zero-order valence-electron chi connectivity index (χ0n) is 34.5. The Balaban J connectivity index is 1.07. The van der Waals surface area contributed by atoms with E-state index < -0.39 is 0 Å². The molecule has 0 unspecified atom stereocenters. The number of fused-ring (bicyclic) bond motifs is 7. The van der Waals surface area contributed by atoms with E-state index in [1.54, 1.807) is 0 Å². The summed E-state index contributed by atoms with van der Waals surface area (Å²) >= 11 is 0. The van der Waals surface area contributed by atoms with Gasteiger partial charge in [0.2, 0.25) is 0 Å². The molecular weight excluding hydrogens is 735 g/mol. The van der Waals surface area contributed by atoms with E-state index in [1.165, 1.54) is 92.8 Å². The first kappa shape index (κ1) is 36.6. The number of hydrogen-bond acceptors (Lipinski definition) is 1. The van der Waals surface area contributed by atoms with Gasteiger partial charge in [-0.2, -0.15) is 0 Å². The van der Waals surface area contributed by atoms with E-state index >= 15 is 0 Å². The molecule has 0 aliphatic carbocycles. The fourth-order valence-corrected chi connectivity index (χ4v) is 9.55. The van der Waals surface area contributed by atoms with Crippen LogP contribution < -0.4 is 4.90 Å². The highest BCUT2D eigenvalue weighted by Gasteiger charge is 2.19. The smallest absolute Gasteiger partial charge is 0.0540 e. The quantitative estimate of drug-likeness (QED) is 0.139. The minimum absolute atomic E-state index is 0.510. The standard InChI is InChI=1S/C60H45N/c1-3-40(2)44-29-34-55-58(39-46-18-8-10-20-50(46)59(55)37-44)43-27-32-48(33-28-43)61(60-36-35-51(41-15-5-4-6-16-41)53-22-13-14-24-56(53)60)47-30-25-42(26-31-47)57-38-45-17-7-9-19-49(45)52-21-11-12-23-54(52)57/h4-40H,3H2,1-2H3/t40-/m0/s1. The first-order chi connectivity index (χ1) is 30.1. The Kier molecular flexibility index (Phi) is 9.16. The second-order valence-corrected chi connectivity index (χ2v) is 16.4. The van der Waals surface area contributed by atoms with Crippen molar-refractivity contribution in [2.24, 2.45) is 0 Å². The third-order valence-corrected chi connectivity index (χ3v) is 12.9. The second-order valence-electron chi connectivity index (χ2n) is 16.4. The summed E-state index contributed by atoms with van der Waals surface area (Å²) in [5, 5.41) is 12.7. The molecule has 0 aliphatic rings. The van der Waals surface area contributed by atoms with Crippen LogP contribution in [0.2, 0.25) is 0 Å². The molecule has 11 rings (SSSR count). The molecule has 0 spiro atoms. The number of hydrogen-bond donors (Lipinski definition) is 0. The molecule has 0 amide bonds. The van der Waals surface area contributed by atoms with Gasteiger partial charge in [0.25, 0.3) is 0 Å². The van der Waals surface area contributed by atoms with Gasteiger partial charge in [0, 0.05) is 16.8 Å². The van der Waals surface area contributed by atoms with E-state index in [4.69, 9.17) is 0 Å². The van der Waals surface area contributed by atoms with Crippen molar-refractivity contribution in [2.45, 2.75) is 26.2 Å². The van der Waals surface area contributed by atoms with Crippen molar-refractivity contribution >= 4 is 70.9 Å². The van der Waals surface area contributed by atoms with Gasteiger partial charge in [-0.25, -0.2) is 0 Å². The van der Waals surface area contributed by atoms with E-state index in [-0.39, 0.29) is 0 Å². The van der Waals surface area contributed by atoms with Crippen LogP contribution in [0.4, 0.5) is 17.1 Å². The lowest BCUT2D eigenvalue weighted by Gasteiger charge is -2.28. The van der Waals surface area contributed by atoms with Crippen LogP contribution >= 0.6 is 0 Å². The average Bonchev–Trinajstić information content (AvgIpc) is 3.34. The SMILES string of the molecule is CC[C@H](C)c1ccc2c(-c3ccc(N(c4ccc(-c5cc6ccccc6c6ccccc56)cc4)c4ccc(-c5ccccc5)c5ccccc45)cc3)cc3ccccc3c2c1. The molecule has 0 heterocycles. The van der Waals surface area contributed by atoms with Gasteiger partial charge in [0.05, 0.1) is 5.69 Å². The van der Waals surface area contributed by atoms with E-state index in [2.05, 4.69) is 237 Å². The normalized spacial score (nSPS) is 12.1. The Bertz CT molecular complexity index is 3400. The molecule has 0 saturated heterocycles. The molecule has 290 valence electrons. The topological polar surface area (TPSA) is 3.24 Å². The summed E-state index contributed by atoms with van der Waals surface area (Å²) in [6, 6.07) is 80.7. The lowest BCUT2D eigenvalue weighted by Crippen LogP contribution is -2.10. The summed E-state index contributed by atoms with van der Waals surface area (Å²) in [4.78, 5) is 2.43. The zero-order valence-corrected chi connectivity index (χ0v) is 34.5. The Hall–Kier alpha value is -7.48. The highest BCUT2D eigenvalue weighted by molar-refractivity contribution is 6.15. The maximum Gasteiger partial charge on any atom is 0.0540 e. The first-order valence-electron chi connectivity index (χ1n) is 21.6. The largest absolute Gasteiger partial charge is 0.310 e. The van der Waals surface area contributed by atoms with Gasteiger partial charge in [-0.05, 0) is 142 Å². The highest BCUT2D eigenvalue weighted by atomic mass is 15.1. The Morgan fingerprint density at radius 1 is 0.344 bits per heavy atom. The molecular formula is C60H45N. The van der Waals surface area contributed by atoms with Crippen LogP contribution in [0.15, 0.2) is 218 Å². The Labute approximate surface area is 357 Å². The molecule has 0 aromatic heterocycles. The van der Waals surface area contributed by atoms with Gasteiger partial charge in [0.15, 0.2) is 0 Å². The number of rotatable bonds is 8. The fraction of sp³-hybridized carbons (Fsp3) is 0.0667. The Morgan fingerprint density at radius 2 is 0.803 bits per heavy atom. The first-order valence-corrected chi connectivity index (χ1v) is 21.6. The second kappa shape index (κ2) is 15.3. The van der Waals surface area contributed by atoms with Gasteiger partial charge in [-0.3, -0.25) is 0 Å². The molecule has 0 bridgehead atoms. The maximum atomic E-state index is 2.43. The predicted octanol–water partition coefficient (Wildman–Crippen LogP) is 17.4. The van der Waals surface area contributed by atoms with Gasteiger partial charge in [-0.1, -0.05) is 190 Å². The molecule has 1 nitrogen and oxygen atoms in total. The lowest BCUT2D eigenvalue weighted by molar-refractivity contribution is 0.735. The molecule has 0 saturated carbocycles. The van der Waals surface area contributed by atoms with Crippen LogP contribution in [0.1, 0.15) is 31.7 Å². The zero-order chi connectivity index (χ0) is 40.9. The van der Waals surface area contributed by atoms with Crippen molar-refractivity contribution in [1.29, 1.82) is 0 Å². The van der Waals surface area contributed by atoms with Crippen LogP contribution in [0.5, 0.6) is 0 Å². The maximum absolute atomic E-state index is 2.43. The molecule has 0 aliphatic heterocycles. The van der Waals surface area contributed by atoms with Crippen molar-refractivity contribution < 1.29 is 0 Å². The van der Waals surface area contributed by atoms with Crippen LogP contribution in [-0.4, -0.2) is 0 Å². The number of nitrogens with zero attached hydrogens (tertiary/aromatic N) is 1. The Morgan fingerprint density at radius 3 is 1.39 bits per heavy atom. The van der Waals surface area contributed by atoms with Crippen molar-refractivity contribution in [3.05, 3.63) is 224 Å². The number of benzene rings is 11. The van der Waals surface area contributed by atoms with Crippen LogP contribution in [0.25, 0.3) is 87.2 Å². The predicted molar refractivity (Wildman–Crippen MR) is 264 cm³/mol. The van der Waals surface area contributed by atoms with Gasteiger partial charge in [0.1, 0.15) is 0 Å². The van der Waals surface area contributed by atoms with Crippen LogP contribution in [-0.2, 0) is 0 Å². The van der Waals surface area contributed by atoms with E-state index in [0.717, 1.165) is 23.5 Å². The minimum Gasteiger partial charge on any atom is -0.310 e. The van der Waals surface area contributed by atoms with E-state index in [1.807, 2.05) is 0 Å². The summed E-state index contributed by atoms with van der Waals surface area (Å²) in [6.45, 7) is 4.60. The molecule has 1 atom stereocenters. The monoisotopic (exact) mass is 779 g/mol. The summed E-state index contributed by atoms with van der Waals surface area (Å²) in [5.41, 5.74) is 12.1. The molecule has 11 aromatic carbocycles. The molecule has 61 heavy (non-hydrogen) atoms. The third kappa shape index (κ3) is 6.42. The van der Waals surface area contributed by atoms with Crippen molar-refractivity contribution in [1.82, 2.24) is 0 Å². The van der Waals surface area contributed by atoms with Gasteiger partial charge >= 0.3 is 0 Å². The van der Waals surface area contributed by atoms with Crippen LogP contribution in [0.3, 0.4) is 0 Å². The molecule has 0 radical (unpaired) electrons. The van der Waals surface area contributed by atoms with E-state index in [9.17, 15) is 0 Å². The van der Waals surface area contributed by atoms with E-state index in [0.29, 0.717) is 5.92 Å². The van der Waals surface area contributed by atoms with Crippen molar-refractivity contribution in [3.8, 4) is 33.4 Å².